The molecule has 0 aliphatic heterocycles. The van der Waals surface area contributed by atoms with Crippen molar-refractivity contribution in [2.24, 2.45) is 0 Å². The van der Waals surface area contributed by atoms with Crippen molar-refractivity contribution in [2.45, 2.75) is 0 Å². The van der Waals surface area contributed by atoms with E-state index in [0.29, 0.717) is 26.4 Å². The van der Waals surface area contributed by atoms with Gasteiger partial charge in [0.05, 0.1) is 39.6 Å². The molecule has 0 aliphatic rings. The van der Waals surface area contributed by atoms with E-state index in [-0.39, 0.29) is 13.2 Å². The summed E-state index contributed by atoms with van der Waals surface area (Å²) in [6.45, 7) is 1.73. The zero-order valence-electron chi connectivity index (χ0n) is 8.83. The summed E-state index contributed by atoms with van der Waals surface area (Å²) in [5.74, 6) is 0. The molecule has 0 fully saturated rings. The fourth-order valence-electron chi connectivity index (χ4n) is 0.451. The van der Waals surface area contributed by atoms with Crippen molar-refractivity contribution in [1.82, 2.24) is 0 Å². The van der Waals surface area contributed by atoms with Crippen molar-refractivity contribution < 1.29 is 34.4 Å². The summed E-state index contributed by atoms with van der Waals surface area (Å²) in [5, 5.41) is 31.9. The molecule has 0 amide bonds. The molecule has 4 N–H and O–H groups in total. The van der Waals surface area contributed by atoms with Crippen molar-refractivity contribution in [3.8, 4) is 0 Å². The van der Waals surface area contributed by atoms with Gasteiger partial charge in [-0.05, 0) is 0 Å². The lowest BCUT2D eigenvalue weighted by atomic mass is 10.3. The van der Waals surface area contributed by atoms with Crippen LogP contribution in [-0.4, -0.2) is 74.3 Å². The lowest BCUT2D eigenvalue weighted by molar-refractivity contribution is 0.0222. The summed E-state index contributed by atoms with van der Waals surface area (Å²) in [6, 6.07) is 0. The molecular weight excluding hydrogens is 207 g/mol. The summed E-state index contributed by atoms with van der Waals surface area (Å²) in [4.78, 5) is 0. The van der Waals surface area contributed by atoms with Crippen molar-refractivity contribution in [1.29, 1.82) is 0 Å². The molecule has 0 aromatic carbocycles. The summed E-state index contributed by atoms with van der Waals surface area (Å²) in [7, 11) is -0.417. The van der Waals surface area contributed by atoms with Gasteiger partial charge in [0, 0.05) is 7.11 Å². The largest absolute Gasteiger partial charge is 0.633 e. The van der Waals surface area contributed by atoms with E-state index >= 15 is 0 Å². The predicted octanol–water partition coefficient (Wildman–Crippen LogP) is -2.39. The van der Waals surface area contributed by atoms with Crippen LogP contribution in [0.2, 0.25) is 0 Å². The van der Waals surface area contributed by atoms with Crippen LogP contribution in [-0.2, 0) is 14.1 Å². The Bertz CT molecular complexity index is 95.3. The summed E-state index contributed by atoms with van der Waals surface area (Å²) >= 11 is 0. The Morgan fingerprint density at radius 2 is 1.20 bits per heavy atom. The lowest BCUT2D eigenvalue weighted by Crippen LogP contribution is -2.12. The smallest absolute Gasteiger partial charge is 0.402 e. The van der Waals surface area contributed by atoms with Crippen molar-refractivity contribution >= 4 is 7.32 Å². The number of ether oxygens (including phenoxy) is 2. The van der Waals surface area contributed by atoms with Gasteiger partial charge in [0.25, 0.3) is 0 Å². The van der Waals surface area contributed by atoms with Gasteiger partial charge in [-0.2, -0.15) is 0 Å². The van der Waals surface area contributed by atoms with E-state index in [4.69, 9.17) is 29.7 Å². The topological polar surface area (TPSA) is 109 Å². The maximum Gasteiger partial charge on any atom is 0.633 e. The van der Waals surface area contributed by atoms with Crippen molar-refractivity contribution in [3.63, 3.8) is 0 Å². The first-order chi connectivity index (χ1) is 7.18. The molecule has 0 heterocycles. The standard InChI is InChI=1S/C6H14O4.CH5BO3/c7-1-3-9-5-6-10-4-2-8;1-5-2(3)4/h7-8H,1-6H2;3-4H,1H3. The Labute approximate surface area is 89.4 Å². The molecule has 92 valence electrons. The van der Waals surface area contributed by atoms with E-state index in [1.807, 2.05) is 0 Å². The molecule has 0 atom stereocenters. The van der Waals surface area contributed by atoms with Crippen LogP contribution in [0.25, 0.3) is 0 Å². The molecule has 0 rings (SSSR count). The highest BCUT2D eigenvalue weighted by atomic mass is 16.6. The molecule has 0 spiro atoms. The molecule has 0 aromatic heterocycles. The van der Waals surface area contributed by atoms with Crippen LogP contribution in [0.15, 0.2) is 0 Å². The summed E-state index contributed by atoms with van der Waals surface area (Å²) in [6.07, 6.45) is 0. The van der Waals surface area contributed by atoms with Gasteiger partial charge in [-0.3, -0.25) is 0 Å². The maximum absolute atomic E-state index is 8.26. The normalized spacial score (nSPS) is 9.40. The van der Waals surface area contributed by atoms with E-state index in [0.717, 1.165) is 0 Å². The average Bonchev–Trinajstić information content (AvgIpc) is 2.24. The molecule has 8 heteroatoms. The molecule has 0 saturated carbocycles. The second-order valence-corrected chi connectivity index (χ2v) is 2.23. The van der Waals surface area contributed by atoms with E-state index in [9.17, 15) is 0 Å². The third kappa shape index (κ3) is 24.8. The SMILES string of the molecule is COB(O)O.OCCOCCOCCO. The average molecular weight is 226 g/mol. The number of rotatable bonds is 8. The Morgan fingerprint density at radius 1 is 0.867 bits per heavy atom. The Balaban J connectivity index is 0. The van der Waals surface area contributed by atoms with Crippen LogP contribution in [0.4, 0.5) is 0 Å². The summed E-state index contributed by atoms with van der Waals surface area (Å²) < 4.78 is 13.6. The molecule has 0 aliphatic carbocycles. The van der Waals surface area contributed by atoms with Gasteiger partial charge in [0.1, 0.15) is 0 Å². The third-order valence-electron chi connectivity index (χ3n) is 1.05. The van der Waals surface area contributed by atoms with E-state index in [1.54, 1.807) is 0 Å². The highest BCUT2D eigenvalue weighted by Crippen LogP contribution is 1.76. The first-order valence-electron chi connectivity index (χ1n) is 4.45. The number of hydrogen-bond acceptors (Lipinski definition) is 7. The van der Waals surface area contributed by atoms with Gasteiger partial charge in [-0.15, -0.1) is 0 Å². The van der Waals surface area contributed by atoms with Crippen LogP contribution in [0.5, 0.6) is 0 Å². The Kier molecular flexibility index (Phi) is 18.6. The van der Waals surface area contributed by atoms with Gasteiger partial charge in [-0.25, -0.2) is 0 Å². The third-order valence-corrected chi connectivity index (χ3v) is 1.05. The van der Waals surface area contributed by atoms with Crippen LogP contribution < -0.4 is 0 Å². The maximum atomic E-state index is 8.26. The monoisotopic (exact) mass is 226 g/mol. The molecule has 15 heavy (non-hydrogen) atoms. The molecule has 0 unspecified atom stereocenters. The van der Waals surface area contributed by atoms with Crippen molar-refractivity contribution in [3.05, 3.63) is 0 Å². The number of hydrogen-bond donors (Lipinski definition) is 4. The zero-order valence-corrected chi connectivity index (χ0v) is 8.83. The number of aliphatic hydroxyl groups excluding tert-OH is 2. The molecule has 7 nitrogen and oxygen atoms in total. The first kappa shape index (κ1) is 17.2. The second-order valence-electron chi connectivity index (χ2n) is 2.23. The fraction of sp³-hybridized carbons (Fsp3) is 1.00. The molecule has 0 saturated heterocycles. The van der Waals surface area contributed by atoms with Gasteiger partial charge in [-0.1, -0.05) is 0 Å². The first-order valence-corrected chi connectivity index (χ1v) is 4.45. The van der Waals surface area contributed by atoms with E-state index < -0.39 is 7.32 Å². The highest BCUT2D eigenvalue weighted by molar-refractivity contribution is 6.32. The van der Waals surface area contributed by atoms with Gasteiger partial charge in [0.2, 0.25) is 0 Å². The van der Waals surface area contributed by atoms with Gasteiger partial charge in [0.15, 0.2) is 0 Å². The van der Waals surface area contributed by atoms with Crippen LogP contribution in [0, 0.1) is 0 Å². The lowest BCUT2D eigenvalue weighted by Gasteiger charge is -2.01. The van der Waals surface area contributed by atoms with Crippen LogP contribution >= 0.6 is 0 Å². The molecule has 0 bridgehead atoms. The van der Waals surface area contributed by atoms with E-state index in [2.05, 4.69) is 4.65 Å². The van der Waals surface area contributed by atoms with Gasteiger partial charge >= 0.3 is 7.32 Å². The van der Waals surface area contributed by atoms with Crippen LogP contribution in [0.3, 0.4) is 0 Å². The number of aliphatic hydroxyl groups is 2. The second kappa shape index (κ2) is 16.2. The predicted molar refractivity (Wildman–Crippen MR) is 53.0 cm³/mol. The van der Waals surface area contributed by atoms with Crippen molar-refractivity contribution in [2.75, 3.05) is 46.8 Å². The molecular formula is C7H19BO7. The Hall–Kier alpha value is -0.215. The quantitative estimate of drug-likeness (QED) is 0.270. The fourth-order valence-corrected chi connectivity index (χ4v) is 0.451. The minimum absolute atomic E-state index is 0.0417. The molecule has 0 aromatic rings. The minimum Gasteiger partial charge on any atom is -0.402 e. The Morgan fingerprint density at radius 3 is 1.40 bits per heavy atom. The van der Waals surface area contributed by atoms with Gasteiger partial charge < -0.3 is 34.4 Å². The van der Waals surface area contributed by atoms with Crippen LogP contribution in [0.1, 0.15) is 0 Å². The minimum atomic E-state index is -1.62. The molecule has 0 radical (unpaired) electrons. The zero-order chi connectivity index (χ0) is 11.9. The summed E-state index contributed by atoms with van der Waals surface area (Å²) in [5.41, 5.74) is 0. The highest BCUT2D eigenvalue weighted by Gasteiger charge is 2.00. The van der Waals surface area contributed by atoms with E-state index in [1.165, 1.54) is 7.11 Å².